The molecule has 0 spiro atoms. The van der Waals surface area contributed by atoms with Crippen LogP contribution in [0.5, 0.6) is 0 Å². The van der Waals surface area contributed by atoms with Gasteiger partial charge in [0.05, 0.1) is 19.3 Å². The first kappa shape index (κ1) is 23.9. The van der Waals surface area contributed by atoms with Gasteiger partial charge in [-0.1, -0.05) is 17.3 Å². The van der Waals surface area contributed by atoms with E-state index in [0.29, 0.717) is 24.6 Å². The van der Waals surface area contributed by atoms with Gasteiger partial charge < -0.3 is 19.5 Å². The zero-order chi connectivity index (χ0) is 25.3. The van der Waals surface area contributed by atoms with Crippen LogP contribution < -0.4 is 5.32 Å². The Hall–Kier alpha value is -3.80. The number of rotatable bonds is 6. The normalized spacial score (nSPS) is 18.2. The molecular weight excluding hydrogens is 479 g/mol. The summed E-state index contributed by atoms with van der Waals surface area (Å²) in [6.45, 7) is 1.27. The van der Waals surface area contributed by atoms with Crippen molar-refractivity contribution >= 4 is 11.8 Å². The first-order valence-corrected chi connectivity index (χ1v) is 11.4. The minimum atomic E-state index is -4.74. The molecular formula is C24H22F3N5O4. The van der Waals surface area contributed by atoms with Crippen LogP contribution in [0.3, 0.4) is 0 Å². The fraction of sp³-hybridized carbons (Fsp3) is 0.375. The summed E-state index contributed by atoms with van der Waals surface area (Å²) in [6, 6.07) is 8.94. The summed E-state index contributed by atoms with van der Waals surface area (Å²) < 4.78 is 47.8. The number of amides is 2. The number of aromatic nitrogens is 3. The number of carbonyl (C=O) groups excluding carboxylic acids is 2. The van der Waals surface area contributed by atoms with Crippen molar-refractivity contribution in [2.45, 2.75) is 31.0 Å². The van der Waals surface area contributed by atoms with Gasteiger partial charge >= 0.3 is 12.1 Å². The highest BCUT2D eigenvalue weighted by Crippen LogP contribution is 2.39. The molecule has 2 amide bonds. The molecule has 36 heavy (non-hydrogen) atoms. The maximum absolute atomic E-state index is 13.2. The second-order valence-corrected chi connectivity index (χ2v) is 8.68. The van der Waals surface area contributed by atoms with E-state index in [-0.39, 0.29) is 42.1 Å². The quantitative estimate of drug-likeness (QED) is 0.552. The Kier molecular flexibility index (Phi) is 6.44. The number of alkyl halides is 3. The molecule has 0 bridgehead atoms. The summed E-state index contributed by atoms with van der Waals surface area (Å²) in [4.78, 5) is 35.3. The molecule has 188 valence electrons. The van der Waals surface area contributed by atoms with Gasteiger partial charge in [-0.3, -0.25) is 14.6 Å². The third-order valence-corrected chi connectivity index (χ3v) is 6.08. The number of carbonyl (C=O) groups is 2. The molecule has 1 saturated heterocycles. The van der Waals surface area contributed by atoms with E-state index < -0.39 is 18.0 Å². The molecule has 1 aromatic carbocycles. The molecule has 3 heterocycles. The lowest BCUT2D eigenvalue weighted by Crippen LogP contribution is -2.53. The maximum atomic E-state index is 13.2. The molecule has 1 N–H and O–H groups in total. The van der Waals surface area contributed by atoms with Crippen molar-refractivity contribution in [3.8, 4) is 11.4 Å². The van der Waals surface area contributed by atoms with E-state index in [2.05, 4.69) is 25.0 Å². The second-order valence-electron chi connectivity index (χ2n) is 8.68. The first-order chi connectivity index (χ1) is 17.3. The van der Waals surface area contributed by atoms with Crippen molar-refractivity contribution in [1.29, 1.82) is 0 Å². The number of hydrogen-bond donors (Lipinski definition) is 1. The summed E-state index contributed by atoms with van der Waals surface area (Å²) in [7, 11) is 0. The molecule has 0 radical (unpaired) electrons. The van der Waals surface area contributed by atoms with Crippen LogP contribution in [0.1, 0.15) is 51.1 Å². The molecule has 1 unspecified atom stereocenters. The van der Waals surface area contributed by atoms with Gasteiger partial charge in [0.2, 0.25) is 5.82 Å². The summed E-state index contributed by atoms with van der Waals surface area (Å²) in [5.74, 6) is -1.78. The number of benzene rings is 1. The molecule has 5 rings (SSSR count). The molecule has 2 aromatic heterocycles. The van der Waals surface area contributed by atoms with Crippen LogP contribution in [-0.2, 0) is 10.9 Å². The van der Waals surface area contributed by atoms with E-state index in [1.54, 1.807) is 17.2 Å². The van der Waals surface area contributed by atoms with Gasteiger partial charge in [-0.25, -0.2) is 0 Å². The van der Waals surface area contributed by atoms with Crippen LogP contribution in [0, 0.1) is 0 Å². The first-order valence-electron chi connectivity index (χ1n) is 11.4. The van der Waals surface area contributed by atoms with Gasteiger partial charge in [0, 0.05) is 47.6 Å². The van der Waals surface area contributed by atoms with Gasteiger partial charge in [0.1, 0.15) is 0 Å². The van der Waals surface area contributed by atoms with Gasteiger partial charge in [0.25, 0.3) is 11.8 Å². The van der Waals surface area contributed by atoms with Crippen molar-refractivity contribution in [2.75, 3.05) is 26.3 Å². The molecule has 12 heteroatoms. The lowest BCUT2D eigenvalue weighted by molar-refractivity contribution is -0.159. The van der Waals surface area contributed by atoms with E-state index in [0.717, 1.165) is 18.5 Å². The van der Waals surface area contributed by atoms with E-state index in [1.165, 1.54) is 24.3 Å². The van der Waals surface area contributed by atoms with Gasteiger partial charge in [-0.15, -0.1) is 0 Å². The molecule has 1 atom stereocenters. The third-order valence-electron chi connectivity index (χ3n) is 6.08. The fourth-order valence-corrected chi connectivity index (χ4v) is 3.98. The van der Waals surface area contributed by atoms with Crippen molar-refractivity contribution < 1.29 is 32.0 Å². The minimum Gasteiger partial charge on any atom is -0.377 e. The van der Waals surface area contributed by atoms with Crippen LogP contribution in [0.15, 0.2) is 47.1 Å². The molecule has 9 nitrogen and oxygen atoms in total. The van der Waals surface area contributed by atoms with Crippen LogP contribution in [-0.4, -0.2) is 64.2 Å². The number of halogens is 3. The predicted molar refractivity (Wildman–Crippen MR) is 119 cm³/mol. The Morgan fingerprint density at radius 3 is 2.58 bits per heavy atom. The van der Waals surface area contributed by atoms with Crippen molar-refractivity contribution in [3.05, 3.63) is 65.3 Å². The number of nitrogens with zero attached hydrogens (tertiary/aromatic N) is 4. The topological polar surface area (TPSA) is 110 Å². The molecule has 2 fully saturated rings. The molecule has 1 saturated carbocycles. The Labute approximate surface area is 203 Å². The van der Waals surface area contributed by atoms with Crippen LogP contribution in [0.25, 0.3) is 11.4 Å². The minimum absolute atomic E-state index is 0.135. The maximum Gasteiger partial charge on any atom is 0.471 e. The highest BCUT2D eigenvalue weighted by Gasteiger charge is 2.38. The summed E-state index contributed by atoms with van der Waals surface area (Å²) in [5, 5.41) is 6.14. The third kappa shape index (κ3) is 5.23. The SMILES string of the molecule is O=C(NCC1COCCN1C(=O)c1ccnc(C2CC2)c1)c1ccc(-c2noc(C(F)(F)F)n2)cc1. The average Bonchev–Trinajstić information content (AvgIpc) is 3.62. The zero-order valence-corrected chi connectivity index (χ0v) is 19.0. The number of ether oxygens (including phenoxy) is 1. The Morgan fingerprint density at radius 2 is 1.89 bits per heavy atom. The molecule has 1 aliphatic carbocycles. The van der Waals surface area contributed by atoms with E-state index in [9.17, 15) is 22.8 Å². The van der Waals surface area contributed by atoms with Crippen LogP contribution in [0.4, 0.5) is 13.2 Å². The summed E-state index contributed by atoms with van der Waals surface area (Å²) >= 11 is 0. The number of nitrogens with one attached hydrogen (secondary N) is 1. The summed E-state index contributed by atoms with van der Waals surface area (Å²) in [5.41, 5.74) is 2.05. The van der Waals surface area contributed by atoms with Crippen molar-refractivity contribution in [3.63, 3.8) is 0 Å². The Morgan fingerprint density at radius 1 is 1.11 bits per heavy atom. The van der Waals surface area contributed by atoms with Gasteiger partial charge in [0.15, 0.2) is 0 Å². The molecule has 3 aromatic rings. The van der Waals surface area contributed by atoms with E-state index >= 15 is 0 Å². The Balaban J connectivity index is 1.21. The standard InChI is InChI=1S/C24H22F3N5O4/c25-24(26,27)23-30-20(31-36-23)15-3-5-16(6-4-15)21(33)29-12-18-13-35-10-9-32(18)22(34)17-7-8-28-19(11-17)14-1-2-14/h3-8,11,14,18H,1-2,9-10,12-13H2,(H,29,33). The number of hydrogen-bond acceptors (Lipinski definition) is 7. The number of pyridine rings is 1. The molecule has 1 aliphatic heterocycles. The smallest absolute Gasteiger partial charge is 0.377 e. The molecule has 2 aliphatic rings. The monoisotopic (exact) mass is 501 g/mol. The van der Waals surface area contributed by atoms with Gasteiger partial charge in [-0.05, 0) is 37.1 Å². The highest BCUT2D eigenvalue weighted by atomic mass is 19.4. The lowest BCUT2D eigenvalue weighted by Gasteiger charge is -2.35. The largest absolute Gasteiger partial charge is 0.471 e. The van der Waals surface area contributed by atoms with E-state index in [4.69, 9.17) is 4.74 Å². The van der Waals surface area contributed by atoms with Crippen molar-refractivity contribution in [1.82, 2.24) is 25.3 Å². The zero-order valence-electron chi connectivity index (χ0n) is 19.0. The highest BCUT2D eigenvalue weighted by molar-refractivity contribution is 5.95. The summed E-state index contributed by atoms with van der Waals surface area (Å²) in [6.07, 6.45) is -0.913. The van der Waals surface area contributed by atoms with Crippen LogP contribution >= 0.6 is 0 Å². The van der Waals surface area contributed by atoms with Crippen LogP contribution in [0.2, 0.25) is 0 Å². The van der Waals surface area contributed by atoms with E-state index in [1.807, 2.05) is 6.07 Å². The van der Waals surface area contributed by atoms with Gasteiger partial charge in [-0.2, -0.15) is 18.2 Å². The fourth-order valence-electron chi connectivity index (χ4n) is 3.98. The lowest BCUT2D eigenvalue weighted by atomic mass is 10.1. The van der Waals surface area contributed by atoms with Crippen molar-refractivity contribution in [2.24, 2.45) is 0 Å². The Bertz CT molecular complexity index is 1260. The number of morpholine rings is 1. The average molecular weight is 501 g/mol. The predicted octanol–water partition coefficient (Wildman–Crippen LogP) is 3.30. The second kappa shape index (κ2) is 9.69.